The molecular weight excluding hydrogens is 316 g/mol. The van der Waals surface area contributed by atoms with Crippen LogP contribution in [0.2, 0.25) is 0 Å². The summed E-state index contributed by atoms with van der Waals surface area (Å²) in [5, 5.41) is 5.97. The van der Waals surface area contributed by atoms with Gasteiger partial charge in [-0.05, 0) is 50.6 Å². The Kier molecular flexibility index (Phi) is 5.31. The van der Waals surface area contributed by atoms with Gasteiger partial charge in [0.2, 0.25) is 5.91 Å². The number of piperidine rings is 1. The van der Waals surface area contributed by atoms with Gasteiger partial charge in [-0.25, -0.2) is 8.42 Å². The van der Waals surface area contributed by atoms with Gasteiger partial charge in [0.25, 0.3) is 0 Å². The molecule has 0 saturated carbocycles. The SMILES string of the molecule is COc1cccc(C(C)NC(=O)C2(S(C)(=O)=O)CCNCC2)c1. The standard InChI is InChI=1S/C16H24N2O4S/c1-12(13-5-4-6-14(11-13)22-2)18-15(19)16(23(3,20)21)7-9-17-10-8-16/h4-6,11-12,17H,7-10H2,1-3H3,(H,18,19). The Bertz CT molecular complexity index is 666. The summed E-state index contributed by atoms with van der Waals surface area (Å²) >= 11 is 0. The van der Waals surface area contributed by atoms with Gasteiger partial charge in [-0.3, -0.25) is 4.79 Å². The topological polar surface area (TPSA) is 84.5 Å². The van der Waals surface area contributed by atoms with Crippen LogP contribution < -0.4 is 15.4 Å². The Hall–Kier alpha value is -1.60. The molecule has 0 radical (unpaired) electrons. The molecule has 0 spiro atoms. The number of methoxy groups -OCH3 is 1. The zero-order valence-corrected chi connectivity index (χ0v) is 14.6. The van der Waals surface area contributed by atoms with Gasteiger partial charge >= 0.3 is 0 Å². The molecule has 1 aromatic rings. The third-order valence-electron chi connectivity index (χ3n) is 4.48. The molecule has 23 heavy (non-hydrogen) atoms. The van der Waals surface area contributed by atoms with Crippen LogP contribution in [0.1, 0.15) is 31.4 Å². The fourth-order valence-electron chi connectivity index (χ4n) is 2.92. The van der Waals surface area contributed by atoms with Crippen molar-refractivity contribution in [2.45, 2.75) is 30.6 Å². The first-order valence-corrected chi connectivity index (χ1v) is 9.54. The van der Waals surface area contributed by atoms with Crippen LogP contribution in [0, 0.1) is 0 Å². The summed E-state index contributed by atoms with van der Waals surface area (Å²) in [5.41, 5.74) is 0.871. The van der Waals surface area contributed by atoms with Gasteiger partial charge in [0.15, 0.2) is 14.6 Å². The van der Waals surface area contributed by atoms with Crippen molar-refractivity contribution in [3.63, 3.8) is 0 Å². The van der Waals surface area contributed by atoms with Crippen molar-refractivity contribution in [3.05, 3.63) is 29.8 Å². The van der Waals surface area contributed by atoms with Crippen molar-refractivity contribution in [2.75, 3.05) is 26.5 Å². The molecule has 6 nitrogen and oxygen atoms in total. The minimum atomic E-state index is -3.50. The third-order valence-corrected chi connectivity index (χ3v) is 6.49. The van der Waals surface area contributed by atoms with Crippen LogP contribution in [0.5, 0.6) is 5.75 Å². The average Bonchev–Trinajstić information content (AvgIpc) is 2.54. The minimum Gasteiger partial charge on any atom is -0.497 e. The molecule has 0 aromatic heterocycles. The number of rotatable bonds is 5. The van der Waals surface area contributed by atoms with Gasteiger partial charge < -0.3 is 15.4 Å². The van der Waals surface area contributed by atoms with Crippen molar-refractivity contribution in [2.24, 2.45) is 0 Å². The second-order valence-electron chi connectivity index (χ2n) is 5.99. The second-order valence-corrected chi connectivity index (χ2v) is 8.31. The van der Waals surface area contributed by atoms with E-state index in [1.807, 2.05) is 31.2 Å². The molecule has 1 aliphatic heterocycles. The number of benzene rings is 1. The van der Waals surface area contributed by atoms with E-state index in [-0.39, 0.29) is 6.04 Å². The van der Waals surface area contributed by atoms with Crippen LogP contribution in [-0.4, -0.2) is 45.5 Å². The summed E-state index contributed by atoms with van der Waals surface area (Å²) in [7, 11) is -1.92. The summed E-state index contributed by atoms with van der Waals surface area (Å²) in [6.45, 7) is 2.88. The van der Waals surface area contributed by atoms with E-state index in [0.717, 1.165) is 11.8 Å². The fraction of sp³-hybridized carbons (Fsp3) is 0.562. The Morgan fingerprint density at radius 2 is 2.00 bits per heavy atom. The summed E-state index contributed by atoms with van der Waals surface area (Å²) < 4.78 is 28.4. The van der Waals surface area contributed by atoms with Crippen LogP contribution in [0.4, 0.5) is 0 Å². The molecule has 1 atom stereocenters. The highest BCUT2D eigenvalue weighted by Crippen LogP contribution is 2.29. The molecule has 2 rings (SSSR count). The van der Waals surface area contributed by atoms with Gasteiger partial charge in [0, 0.05) is 6.26 Å². The Morgan fingerprint density at radius 3 is 2.57 bits per heavy atom. The van der Waals surface area contributed by atoms with Crippen molar-refractivity contribution in [1.82, 2.24) is 10.6 Å². The number of carbonyl (C=O) groups is 1. The lowest BCUT2D eigenvalue weighted by Crippen LogP contribution is -2.57. The molecule has 1 amide bonds. The first kappa shape index (κ1) is 17.7. The van der Waals surface area contributed by atoms with E-state index in [2.05, 4.69) is 10.6 Å². The van der Waals surface area contributed by atoms with Crippen molar-refractivity contribution in [1.29, 1.82) is 0 Å². The van der Waals surface area contributed by atoms with E-state index in [1.54, 1.807) is 7.11 Å². The van der Waals surface area contributed by atoms with E-state index >= 15 is 0 Å². The second kappa shape index (κ2) is 6.88. The number of carbonyl (C=O) groups excluding carboxylic acids is 1. The molecule has 1 unspecified atom stereocenters. The molecule has 1 heterocycles. The fourth-order valence-corrected chi connectivity index (χ4v) is 4.26. The largest absolute Gasteiger partial charge is 0.497 e. The van der Waals surface area contributed by atoms with Crippen molar-refractivity contribution in [3.8, 4) is 5.75 Å². The first-order valence-electron chi connectivity index (χ1n) is 7.65. The maximum Gasteiger partial charge on any atom is 0.242 e. The molecule has 1 saturated heterocycles. The Balaban J connectivity index is 2.21. The van der Waals surface area contributed by atoms with Gasteiger partial charge in [-0.2, -0.15) is 0 Å². The summed E-state index contributed by atoms with van der Waals surface area (Å²) in [5.74, 6) is 0.278. The number of nitrogens with one attached hydrogen (secondary N) is 2. The van der Waals surface area contributed by atoms with Gasteiger partial charge in [0.05, 0.1) is 13.2 Å². The predicted molar refractivity (Wildman–Crippen MR) is 89.2 cm³/mol. The summed E-state index contributed by atoms with van der Waals surface area (Å²) in [4.78, 5) is 12.8. The monoisotopic (exact) mass is 340 g/mol. The van der Waals surface area contributed by atoms with Gasteiger partial charge in [-0.1, -0.05) is 12.1 Å². The van der Waals surface area contributed by atoms with Crippen LogP contribution in [0.15, 0.2) is 24.3 Å². The smallest absolute Gasteiger partial charge is 0.242 e. The maximum atomic E-state index is 12.8. The van der Waals surface area contributed by atoms with E-state index in [1.165, 1.54) is 0 Å². The van der Waals surface area contributed by atoms with Crippen LogP contribution in [0.25, 0.3) is 0 Å². The van der Waals surface area contributed by atoms with Gasteiger partial charge in [0.1, 0.15) is 5.75 Å². The lowest BCUT2D eigenvalue weighted by atomic mass is 9.95. The lowest BCUT2D eigenvalue weighted by molar-refractivity contribution is -0.125. The van der Waals surface area contributed by atoms with Crippen LogP contribution >= 0.6 is 0 Å². The highest BCUT2D eigenvalue weighted by Gasteiger charge is 2.48. The lowest BCUT2D eigenvalue weighted by Gasteiger charge is -2.35. The number of ether oxygens (including phenoxy) is 1. The van der Waals surface area contributed by atoms with E-state index < -0.39 is 20.5 Å². The maximum absolute atomic E-state index is 12.8. The summed E-state index contributed by atoms with van der Waals surface area (Å²) in [6.07, 6.45) is 1.74. The molecule has 1 fully saturated rings. The Labute approximate surface area is 137 Å². The highest BCUT2D eigenvalue weighted by atomic mass is 32.2. The first-order chi connectivity index (χ1) is 10.8. The van der Waals surface area contributed by atoms with Crippen LogP contribution in [0.3, 0.4) is 0 Å². The van der Waals surface area contributed by atoms with Crippen LogP contribution in [-0.2, 0) is 14.6 Å². The summed E-state index contributed by atoms with van der Waals surface area (Å²) in [6, 6.07) is 7.08. The molecule has 0 aliphatic carbocycles. The minimum absolute atomic E-state index is 0.294. The molecular formula is C16H24N2O4S. The molecule has 1 aliphatic rings. The number of hydrogen-bond donors (Lipinski definition) is 2. The van der Waals surface area contributed by atoms with E-state index in [0.29, 0.717) is 31.7 Å². The van der Waals surface area contributed by atoms with Gasteiger partial charge in [-0.15, -0.1) is 0 Å². The third kappa shape index (κ3) is 3.67. The molecule has 128 valence electrons. The highest BCUT2D eigenvalue weighted by molar-refractivity contribution is 7.92. The molecule has 0 bridgehead atoms. The zero-order chi connectivity index (χ0) is 17.1. The molecule has 7 heteroatoms. The normalized spacial score (nSPS) is 18.9. The number of sulfone groups is 1. The molecule has 1 aromatic carbocycles. The molecule has 2 N–H and O–H groups in total. The average molecular weight is 340 g/mol. The number of hydrogen-bond acceptors (Lipinski definition) is 5. The van der Waals surface area contributed by atoms with Crippen molar-refractivity contribution < 1.29 is 17.9 Å². The zero-order valence-electron chi connectivity index (χ0n) is 13.8. The predicted octanol–water partition coefficient (Wildman–Crippen LogP) is 1.04. The van der Waals surface area contributed by atoms with E-state index in [4.69, 9.17) is 4.74 Å². The number of amides is 1. The quantitative estimate of drug-likeness (QED) is 0.837. The van der Waals surface area contributed by atoms with E-state index in [9.17, 15) is 13.2 Å². The van der Waals surface area contributed by atoms with Crippen molar-refractivity contribution >= 4 is 15.7 Å². The Morgan fingerprint density at radius 1 is 1.35 bits per heavy atom.